The minimum absolute atomic E-state index is 0.0566. The Morgan fingerprint density at radius 1 is 1.33 bits per heavy atom. The van der Waals surface area contributed by atoms with E-state index in [-0.39, 0.29) is 6.42 Å². The van der Waals surface area contributed by atoms with Crippen molar-refractivity contribution in [3.05, 3.63) is 45.6 Å². The zero-order valence-corrected chi connectivity index (χ0v) is 11.7. The van der Waals surface area contributed by atoms with Crippen molar-refractivity contribution in [2.45, 2.75) is 12.8 Å². The van der Waals surface area contributed by atoms with E-state index >= 15 is 0 Å². The summed E-state index contributed by atoms with van der Waals surface area (Å²) in [5.74, 6) is 0.453. The van der Waals surface area contributed by atoms with Crippen LogP contribution in [0.3, 0.4) is 0 Å². The van der Waals surface area contributed by atoms with Crippen LogP contribution in [0, 0.1) is 0 Å². The second-order valence-electron chi connectivity index (χ2n) is 3.78. The maximum absolute atomic E-state index is 10.5. The maximum atomic E-state index is 10.5. The van der Waals surface area contributed by atoms with Gasteiger partial charge in [0.1, 0.15) is 11.5 Å². The van der Waals surface area contributed by atoms with E-state index in [0.717, 1.165) is 10.0 Å². The Bertz CT molecular complexity index is 577. The molecule has 1 aromatic carbocycles. The molecular weight excluding hydrogens is 319 g/mol. The number of rotatable bonds is 4. The van der Waals surface area contributed by atoms with E-state index in [1.807, 2.05) is 12.1 Å². The molecular formula is C13H10BrClO3. The summed E-state index contributed by atoms with van der Waals surface area (Å²) in [5.41, 5.74) is 0.793. The molecule has 0 aliphatic carbocycles. The fourth-order valence-corrected chi connectivity index (χ4v) is 2.34. The van der Waals surface area contributed by atoms with Crippen molar-refractivity contribution in [1.82, 2.24) is 0 Å². The van der Waals surface area contributed by atoms with Gasteiger partial charge in [-0.05, 0) is 30.3 Å². The van der Waals surface area contributed by atoms with Gasteiger partial charge >= 0.3 is 5.97 Å². The molecule has 2 aromatic rings. The van der Waals surface area contributed by atoms with E-state index in [2.05, 4.69) is 15.9 Å². The van der Waals surface area contributed by atoms with Crippen molar-refractivity contribution in [1.29, 1.82) is 0 Å². The van der Waals surface area contributed by atoms with Gasteiger partial charge in [-0.1, -0.05) is 27.5 Å². The standard InChI is InChI=1S/C13H10BrClO3/c14-8-1-4-10(11(15)7-8)12-5-2-9(18-12)3-6-13(16)17/h1-2,4-5,7H,3,6H2,(H,16,17). The van der Waals surface area contributed by atoms with E-state index in [1.54, 1.807) is 18.2 Å². The van der Waals surface area contributed by atoms with Crippen LogP contribution in [0.25, 0.3) is 11.3 Å². The smallest absolute Gasteiger partial charge is 0.303 e. The summed E-state index contributed by atoms with van der Waals surface area (Å²) in [5, 5.41) is 9.19. The van der Waals surface area contributed by atoms with Gasteiger partial charge in [-0.25, -0.2) is 0 Å². The molecule has 3 nitrogen and oxygen atoms in total. The predicted octanol–water partition coefficient (Wildman–Crippen LogP) is 4.38. The summed E-state index contributed by atoms with van der Waals surface area (Å²) < 4.78 is 6.47. The van der Waals surface area contributed by atoms with Crippen molar-refractivity contribution in [3.63, 3.8) is 0 Å². The topological polar surface area (TPSA) is 50.4 Å². The largest absolute Gasteiger partial charge is 0.481 e. The number of hydrogen-bond donors (Lipinski definition) is 1. The molecule has 1 N–H and O–H groups in total. The van der Waals surface area contributed by atoms with Crippen LogP contribution >= 0.6 is 27.5 Å². The third-order valence-electron chi connectivity index (χ3n) is 2.44. The fourth-order valence-electron chi connectivity index (χ4n) is 1.58. The average Bonchev–Trinajstić information content (AvgIpc) is 2.75. The third-order valence-corrected chi connectivity index (χ3v) is 3.25. The SMILES string of the molecule is O=C(O)CCc1ccc(-c2ccc(Br)cc2Cl)o1. The van der Waals surface area contributed by atoms with Gasteiger partial charge in [0, 0.05) is 16.5 Å². The second-order valence-corrected chi connectivity index (χ2v) is 5.11. The van der Waals surface area contributed by atoms with Crippen molar-refractivity contribution in [2.75, 3.05) is 0 Å². The molecule has 94 valence electrons. The number of carboxylic acid groups (broad SMARTS) is 1. The van der Waals surface area contributed by atoms with Crippen LogP contribution in [0.15, 0.2) is 39.2 Å². The number of carboxylic acids is 1. The Kier molecular flexibility index (Phi) is 4.09. The molecule has 0 fully saturated rings. The summed E-state index contributed by atoms with van der Waals surface area (Å²) in [4.78, 5) is 10.5. The molecule has 0 amide bonds. The molecule has 0 aliphatic heterocycles. The van der Waals surface area contributed by atoms with Gasteiger partial charge in [0.2, 0.25) is 0 Å². The Hall–Kier alpha value is -1.26. The zero-order valence-electron chi connectivity index (χ0n) is 9.32. The molecule has 0 bridgehead atoms. The number of aryl methyl sites for hydroxylation is 1. The van der Waals surface area contributed by atoms with Crippen molar-refractivity contribution in [2.24, 2.45) is 0 Å². The van der Waals surface area contributed by atoms with Crippen LogP contribution in [0.4, 0.5) is 0 Å². The molecule has 0 atom stereocenters. The minimum Gasteiger partial charge on any atom is -0.481 e. The third kappa shape index (κ3) is 3.15. The van der Waals surface area contributed by atoms with E-state index in [9.17, 15) is 4.79 Å². The van der Waals surface area contributed by atoms with Crippen LogP contribution in [0.5, 0.6) is 0 Å². The number of halogens is 2. The summed E-state index contributed by atoms with van der Waals surface area (Å²) in [6.45, 7) is 0. The van der Waals surface area contributed by atoms with Gasteiger partial charge < -0.3 is 9.52 Å². The number of furan rings is 1. The monoisotopic (exact) mass is 328 g/mol. The lowest BCUT2D eigenvalue weighted by molar-refractivity contribution is -0.137. The summed E-state index contributed by atoms with van der Waals surface area (Å²) in [6, 6.07) is 9.09. The normalized spacial score (nSPS) is 10.6. The maximum Gasteiger partial charge on any atom is 0.303 e. The number of hydrogen-bond acceptors (Lipinski definition) is 2. The first-order valence-corrected chi connectivity index (χ1v) is 6.49. The minimum atomic E-state index is -0.838. The Balaban J connectivity index is 2.21. The van der Waals surface area contributed by atoms with E-state index < -0.39 is 5.97 Å². The molecule has 0 aliphatic rings. The van der Waals surface area contributed by atoms with Gasteiger partial charge in [0.25, 0.3) is 0 Å². The highest BCUT2D eigenvalue weighted by Crippen LogP contribution is 2.31. The van der Waals surface area contributed by atoms with Crippen molar-refractivity contribution < 1.29 is 14.3 Å². The summed E-state index contributed by atoms with van der Waals surface area (Å²) in [7, 11) is 0. The van der Waals surface area contributed by atoms with Crippen LogP contribution in [-0.2, 0) is 11.2 Å². The molecule has 0 saturated carbocycles. The lowest BCUT2D eigenvalue weighted by atomic mass is 10.2. The Labute approximate surface area is 118 Å². The van der Waals surface area contributed by atoms with Crippen LogP contribution < -0.4 is 0 Å². The molecule has 2 rings (SSSR count). The molecule has 5 heteroatoms. The van der Waals surface area contributed by atoms with E-state index in [4.69, 9.17) is 21.1 Å². The van der Waals surface area contributed by atoms with Crippen molar-refractivity contribution in [3.8, 4) is 11.3 Å². The van der Waals surface area contributed by atoms with Crippen molar-refractivity contribution >= 4 is 33.5 Å². The predicted molar refractivity (Wildman–Crippen MR) is 72.8 cm³/mol. The Morgan fingerprint density at radius 2 is 2.11 bits per heavy atom. The van der Waals surface area contributed by atoms with Gasteiger partial charge in [-0.15, -0.1) is 0 Å². The summed E-state index contributed by atoms with van der Waals surface area (Å²) in [6.07, 6.45) is 0.435. The second kappa shape index (κ2) is 5.59. The molecule has 1 aromatic heterocycles. The van der Waals surface area contributed by atoms with E-state index in [0.29, 0.717) is 23.0 Å². The fraction of sp³-hybridized carbons (Fsp3) is 0.154. The lowest BCUT2D eigenvalue weighted by Crippen LogP contribution is -1.96. The number of benzene rings is 1. The average molecular weight is 330 g/mol. The first-order chi connectivity index (χ1) is 8.56. The van der Waals surface area contributed by atoms with Crippen LogP contribution in [0.1, 0.15) is 12.2 Å². The molecule has 0 saturated heterocycles. The van der Waals surface area contributed by atoms with Gasteiger partial charge in [-0.3, -0.25) is 4.79 Å². The summed E-state index contributed by atoms with van der Waals surface area (Å²) >= 11 is 9.45. The van der Waals surface area contributed by atoms with E-state index in [1.165, 1.54) is 0 Å². The van der Waals surface area contributed by atoms with Crippen LogP contribution in [0.2, 0.25) is 5.02 Å². The molecule has 0 unspecified atom stereocenters. The molecule has 1 heterocycles. The molecule has 0 radical (unpaired) electrons. The zero-order chi connectivity index (χ0) is 13.1. The first kappa shape index (κ1) is 13.2. The number of aliphatic carboxylic acids is 1. The highest BCUT2D eigenvalue weighted by Gasteiger charge is 2.09. The number of carbonyl (C=O) groups is 1. The van der Waals surface area contributed by atoms with Gasteiger partial charge in [0.05, 0.1) is 11.4 Å². The molecule has 18 heavy (non-hydrogen) atoms. The highest BCUT2D eigenvalue weighted by molar-refractivity contribution is 9.10. The quantitative estimate of drug-likeness (QED) is 0.905. The van der Waals surface area contributed by atoms with Gasteiger partial charge in [-0.2, -0.15) is 0 Å². The highest BCUT2D eigenvalue weighted by atomic mass is 79.9. The lowest BCUT2D eigenvalue weighted by Gasteiger charge is -2.01. The first-order valence-electron chi connectivity index (χ1n) is 5.32. The Morgan fingerprint density at radius 3 is 2.78 bits per heavy atom. The molecule has 0 spiro atoms. The van der Waals surface area contributed by atoms with Crippen LogP contribution in [-0.4, -0.2) is 11.1 Å². The van der Waals surface area contributed by atoms with Gasteiger partial charge in [0.15, 0.2) is 0 Å².